The molecule has 0 aliphatic heterocycles. The first-order chi connectivity index (χ1) is 11.3. The van der Waals surface area contributed by atoms with Gasteiger partial charge in [-0.1, -0.05) is 12.8 Å². The quantitative estimate of drug-likeness (QED) is 0.858. The summed E-state index contributed by atoms with van der Waals surface area (Å²) in [6, 6.07) is 0. The van der Waals surface area contributed by atoms with E-state index >= 15 is 0 Å². The fraction of sp³-hybridized carbons (Fsp3) is 0.588. The van der Waals surface area contributed by atoms with E-state index in [1.165, 1.54) is 36.9 Å². The van der Waals surface area contributed by atoms with Gasteiger partial charge in [0.05, 0.1) is 6.20 Å². The number of rotatable bonds is 5. The highest BCUT2D eigenvalue weighted by Gasteiger charge is 2.18. The topological polar surface area (TPSA) is 68.5 Å². The summed E-state index contributed by atoms with van der Waals surface area (Å²) in [5, 5.41) is 7.34. The van der Waals surface area contributed by atoms with Crippen LogP contribution in [0.4, 0.5) is 0 Å². The lowest BCUT2D eigenvalue weighted by atomic mass is 9.98. The highest BCUT2D eigenvalue weighted by molar-refractivity contribution is 5.99. The molecule has 6 nitrogen and oxygen atoms in total. The molecule has 1 N–H and O–H groups in total. The van der Waals surface area contributed by atoms with Crippen molar-refractivity contribution in [2.24, 2.45) is 0 Å². The first kappa shape index (κ1) is 15.9. The van der Waals surface area contributed by atoms with Crippen molar-refractivity contribution in [3.63, 3.8) is 0 Å². The standard InChI is InChI=1S/C17H24N4O2/c1-23-10-6-9-18-17(22)14-12-20-21-15-8-5-3-2-4-7-13(15)11-19-16(14)21/h11-12H,2-10H2,1H3,(H,18,22). The number of aryl methyl sites for hydroxylation is 2. The Labute approximate surface area is 136 Å². The number of nitrogens with one attached hydrogen (secondary N) is 1. The third kappa shape index (κ3) is 3.52. The summed E-state index contributed by atoms with van der Waals surface area (Å²) in [5.74, 6) is -0.116. The third-order valence-corrected chi connectivity index (χ3v) is 4.38. The number of ether oxygens (including phenoxy) is 1. The monoisotopic (exact) mass is 316 g/mol. The third-order valence-electron chi connectivity index (χ3n) is 4.38. The zero-order valence-corrected chi connectivity index (χ0v) is 13.7. The average molecular weight is 316 g/mol. The molecule has 0 saturated carbocycles. The van der Waals surface area contributed by atoms with E-state index < -0.39 is 0 Å². The fourth-order valence-corrected chi connectivity index (χ4v) is 3.12. The van der Waals surface area contributed by atoms with Crippen molar-refractivity contribution in [1.29, 1.82) is 0 Å². The molecule has 2 heterocycles. The minimum absolute atomic E-state index is 0.116. The fourth-order valence-electron chi connectivity index (χ4n) is 3.12. The second-order valence-corrected chi connectivity index (χ2v) is 6.04. The van der Waals surface area contributed by atoms with Gasteiger partial charge in [0, 0.05) is 32.2 Å². The Morgan fingerprint density at radius 1 is 1.26 bits per heavy atom. The van der Waals surface area contributed by atoms with Crippen molar-refractivity contribution < 1.29 is 9.53 Å². The molecule has 6 heteroatoms. The molecule has 2 aromatic heterocycles. The SMILES string of the molecule is COCCCNC(=O)c1cnn2c3c(cnc12)CCCCCC3. The Morgan fingerprint density at radius 2 is 2.09 bits per heavy atom. The first-order valence-corrected chi connectivity index (χ1v) is 8.43. The van der Waals surface area contributed by atoms with Gasteiger partial charge in [0.1, 0.15) is 5.56 Å². The van der Waals surface area contributed by atoms with Gasteiger partial charge >= 0.3 is 0 Å². The number of nitrogens with zero attached hydrogens (tertiary/aromatic N) is 3. The predicted molar refractivity (Wildman–Crippen MR) is 87.7 cm³/mol. The summed E-state index contributed by atoms with van der Waals surface area (Å²) in [6.45, 7) is 1.23. The maximum absolute atomic E-state index is 12.3. The molecule has 2 aromatic rings. The van der Waals surface area contributed by atoms with Gasteiger partial charge in [0.15, 0.2) is 5.65 Å². The Morgan fingerprint density at radius 3 is 2.91 bits per heavy atom. The van der Waals surface area contributed by atoms with E-state index in [0.29, 0.717) is 24.4 Å². The van der Waals surface area contributed by atoms with Crippen molar-refractivity contribution >= 4 is 11.6 Å². The zero-order chi connectivity index (χ0) is 16.1. The van der Waals surface area contributed by atoms with Crippen LogP contribution in [0.2, 0.25) is 0 Å². The lowest BCUT2D eigenvalue weighted by molar-refractivity contribution is 0.0950. The highest BCUT2D eigenvalue weighted by atomic mass is 16.5. The minimum Gasteiger partial charge on any atom is -0.385 e. The minimum atomic E-state index is -0.116. The van der Waals surface area contributed by atoms with E-state index in [4.69, 9.17) is 4.74 Å². The van der Waals surface area contributed by atoms with E-state index in [1.807, 2.05) is 10.7 Å². The molecule has 0 bridgehead atoms. The van der Waals surface area contributed by atoms with Gasteiger partial charge in [-0.15, -0.1) is 0 Å². The van der Waals surface area contributed by atoms with E-state index in [2.05, 4.69) is 15.4 Å². The molecule has 0 atom stereocenters. The number of carbonyl (C=O) groups is 1. The normalized spacial score (nSPS) is 15.0. The van der Waals surface area contributed by atoms with Gasteiger partial charge in [0.25, 0.3) is 5.91 Å². The number of methoxy groups -OCH3 is 1. The van der Waals surface area contributed by atoms with E-state index in [-0.39, 0.29) is 5.91 Å². The molecule has 0 radical (unpaired) electrons. The van der Waals surface area contributed by atoms with Crippen LogP contribution < -0.4 is 5.32 Å². The Bertz CT molecular complexity index is 681. The number of fused-ring (bicyclic) bond motifs is 3. The lowest BCUT2D eigenvalue weighted by Crippen LogP contribution is -2.25. The van der Waals surface area contributed by atoms with Gasteiger partial charge in [-0.25, -0.2) is 9.50 Å². The van der Waals surface area contributed by atoms with Crippen LogP contribution in [0.1, 0.15) is 53.7 Å². The molecule has 3 rings (SSSR count). The molecular weight excluding hydrogens is 292 g/mol. The zero-order valence-electron chi connectivity index (χ0n) is 13.7. The molecule has 1 aliphatic carbocycles. The molecule has 0 saturated heterocycles. The molecule has 1 amide bonds. The van der Waals surface area contributed by atoms with Crippen LogP contribution in [0.25, 0.3) is 5.65 Å². The van der Waals surface area contributed by atoms with Crippen LogP contribution in [0.15, 0.2) is 12.4 Å². The second kappa shape index (κ2) is 7.55. The smallest absolute Gasteiger partial charge is 0.256 e. The van der Waals surface area contributed by atoms with E-state index in [0.717, 1.165) is 19.3 Å². The van der Waals surface area contributed by atoms with Crippen LogP contribution in [-0.2, 0) is 17.6 Å². The van der Waals surface area contributed by atoms with Crippen molar-refractivity contribution in [2.45, 2.75) is 44.9 Å². The highest BCUT2D eigenvalue weighted by Crippen LogP contribution is 2.21. The largest absolute Gasteiger partial charge is 0.385 e. The summed E-state index contributed by atoms with van der Waals surface area (Å²) < 4.78 is 6.85. The van der Waals surface area contributed by atoms with Crippen LogP contribution >= 0.6 is 0 Å². The van der Waals surface area contributed by atoms with E-state index in [9.17, 15) is 4.79 Å². The Balaban J connectivity index is 1.83. The molecule has 0 spiro atoms. The summed E-state index contributed by atoms with van der Waals surface area (Å²) >= 11 is 0. The lowest BCUT2D eigenvalue weighted by Gasteiger charge is -2.14. The van der Waals surface area contributed by atoms with Crippen LogP contribution in [0.3, 0.4) is 0 Å². The maximum atomic E-state index is 12.3. The van der Waals surface area contributed by atoms with Crippen LogP contribution in [0.5, 0.6) is 0 Å². The molecule has 23 heavy (non-hydrogen) atoms. The number of amides is 1. The first-order valence-electron chi connectivity index (χ1n) is 8.43. The van der Waals surface area contributed by atoms with Crippen molar-refractivity contribution in [1.82, 2.24) is 19.9 Å². The van der Waals surface area contributed by atoms with Gasteiger partial charge in [-0.2, -0.15) is 5.10 Å². The van der Waals surface area contributed by atoms with Crippen molar-refractivity contribution in [2.75, 3.05) is 20.3 Å². The summed E-state index contributed by atoms with van der Waals surface area (Å²) in [6.07, 6.45) is 11.3. The second-order valence-electron chi connectivity index (χ2n) is 6.04. The number of carbonyl (C=O) groups excluding carboxylic acids is 1. The van der Waals surface area contributed by atoms with Gasteiger partial charge < -0.3 is 10.1 Å². The average Bonchev–Trinajstić information content (AvgIpc) is 2.95. The maximum Gasteiger partial charge on any atom is 0.256 e. The number of hydrogen-bond donors (Lipinski definition) is 1. The summed E-state index contributed by atoms with van der Waals surface area (Å²) in [5.41, 5.74) is 3.70. The summed E-state index contributed by atoms with van der Waals surface area (Å²) in [4.78, 5) is 16.8. The van der Waals surface area contributed by atoms with Crippen LogP contribution in [-0.4, -0.2) is 40.8 Å². The Kier molecular flexibility index (Phi) is 5.23. The van der Waals surface area contributed by atoms with Gasteiger partial charge in [0.2, 0.25) is 0 Å². The van der Waals surface area contributed by atoms with Crippen LogP contribution in [0, 0.1) is 0 Å². The molecule has 0 fully saturated rings. The molecule has 1 aliphatic rings. The predicted octanol–water partition coefficient (Wildman–Crippen LogP) is 2.15. The van der Waals surface area contributed by atoms with Gasteiger partial charge in [-0.05, 0) is 37.7 Å². The molecular formula is C17H24N4O2. The molecule has 0 unspecified atom stereocenters. The van der Waals surface area contributed by atoms with E-state index in [1.54, 1.807) is 13.3 Å². The molecule has 0 aromatic carbocycles. The van der Waals surface area contributed by atoms with Gasteiger partial charge in [-0.3, -0.25) is 4.79 Å². The number of aromatic nitrogens is 3. The summed E-state index contributed by atoms with van der Waals surface area (Å²) in [7, 11) is 1.66. The Hall–Kier alpha value is -1.95. The molecule has 124 valence electrons. The number of hydrogen-bond acceptors (Lipinski definition) is 4. The van der Waals surface area contributed by atoms with Crippen molar-refractivity contribution in [3.05, 3.63) is 29.2 Å². The van der Waals surface area contributed by atoms with Crippen molar-refractivity contribution in [3.8, 4) is 0 Å².